The number of amides is 1. The van der Waals surface area contributed by atoms with E-state index in [1.54, 1.807) is 23.6 Å². The Morgan fingerprint density at radius 1 is 1.10 bits per heavy atom. The molecule has 0 radical (unpaired) electrons. The number of hydrogen-bond acceptors (Lipinski definition) is 5. The van der Waals surface area contributed by atoms with E-state index in [1.807, 2.05) is 17.5 Å². The van der Waals surface area contributed by atoms with Crippen LogP contribution in [-0.4, -0.2) is 18.5 Å². The van der Waals surface area contributed by atoms with Crippen LogP contribution in [0, 0.1) is 0 Å². The van der Waals surface area contributed by atoms with Crippen molar-refractivity contribution in [3.63, 3.8) is 0 Å². The molecule has 10 heteroatoms. The van der Waals surface area contributed by atoms with E-state index in [1.165, 1.54) is 22.7 Å². The van der Waals surface area contributed by atoms with Crippen molar-refractivity contribution >= 4 is 63.5 Å². The first-order valence-electron chi connectivity index (χ1n) is 8.37. The van der Waals surface area contributed by atoms with Gasteiger partial charge in [0.2, 0.25) is 0 Å². The number of halogens is 4. The fourth-order valence-electron chi connectivity index (χ4n) is 2.37. The Hall–Kier alpha value is -2.62. The van der Waals surface area contributed by atoms with Gasteiger partial charge < -0.3 is 10.1 Å². The van der Waals surface area contributed by atoms with Gasteiger partial charge in [-0.05, 0) is 47.2 Å². The van der Waals surface area contributed by atoms with Crippen LogP contribution in [0.1, 0.15) is 15.3 Å². The number of ether oxygens (including phenoxy) is 1. The molecule has 0 bridgehead atoms. The van der Waals surface area contributed by atoms with E-state index >= 15 is 0 Å². The minimum Gasteiger partial charge on any atom is -0.452 e. The summed E-state index contributed by atoms with van der Waals surface area (Å²) in [4.78, 5) is 26.1. The topological polar surface area (TPSA) is 55.4 Å². The molecule has 0 aliphatic heterocycles. The number of nitrogens with one attached hydrogen (secondary N) is 1. The standard InChI is InChI=1S/C20H13ClF3NO3S2/c21-15-6-5-12(20(22,23)24)9-16(15)25-18(26)11-28-19(27)14(17-4-2-8-30-17)10-13-3-1-7-29-13/h1-10H,11H2,(H,25,26)/b14-10+. The number of carbonyl (C=O) groups excluding carboxylic acids is 2. The van der Waals surface area contributed by atoms with Gasteiger partial charge in [0.05, 0.1) is 21.8 Å². The molecule has 3 aromatic rings. The Bertz CT molecular complexity index is 1060. The molecule has 1 amide bonds. The molecule has 156 valence electrons. The molecule has 0 aliphatic carbocycles. The summed E-state index contributed by atoms with van der Waals surface area (Å²) in [6, 6.07) is 9.74. The van der Waals surface area contributed by atoms with Crippen LogP contribution in [0.15, 0.2) is 53.2 Å². The monoisotopic (exact) mass is 471 g/mol. The SMILES string of the molecule is O=C(COC(=O)/C(=C/c1cccs1)c1cccs1)Nc1cc(C(F)(F)F)ccc1Cl. The van der Waals surface area contributed by atoms with E-state index in [4.69, 9.17) is 16.3 Å². The highest BCUT2D eigenvalue weighted by atomic mass is 35.5. The second-order valence-electron chi connectivity index (χ2n) is 5.87. The summed E-state index contributed by atoms with van der Waals surface area (Å²) in [6.45, 7) is -0.682. The average Bonchev–Trinajstić information content (AvgIpc) is 3.39. The molecule has 0 atom stereocenters. The number of anilines is 1. The van der Waals surface area contributed by atoms with Crippen molar-refractivity contribution in [2.24, 2.45) is 0 Å². The number of hydrogen-bond donors (Lipinski definition) is 1. The Morgan fingerprint density at radius 2 is 1.83 bits per heavy atom. The number of esters is 1. The zero-order valence-electron chi connectivity index (χ0n) is 15.0. The largest absolute Gasteiger partial charge is 0.452 e. The summed E-state index contributed by atoms with van der Waals surface area (Å²) in [5.74, 6) is -1.54. The third-order valence-electron chi connectivity index (χ3n) is 3.74. The van der Waals surface area contributed by atoms with Crippen LogP contribution >= 0.6 is 34.3 Å². The summed E-state index contributed by atoms with van der Waals surface area (Å²) in [7, 11) is 0. The second kappa shape index (κ2) is 9.46. The zero-order chi connectivity index (χ0) is 21.7. The lowest BCUT2D eigenvalue weighted by atomic mass is 10.2. The average molecular weight is 472 g/mol. The highest BCUT2D eigenvalue weighted by Gasteiger charge is 2.31. The van der Waals surface area contributed by atoms with Crippen LogP contribution < -0.4 is 5.32 Å². The van der Waals surface area contributed by atoms with Gasteiger partial charge in [0.25, 0.3) is 5.91 Å². The number of rotatable bonds is 6. The molecule has 0 saturated heterocycles. The number of thiophene rings is 2. The lowest BCUT2D eigenvalue weighted by molar-refractivity contribution is -0.141. The van der Waals surface area contributed by atoms with E-state index in [0.717, 1.165) is 23.1 Å². The molecule has 0 fully saturated rings. The minimum absolute atomic E-state index is 0.0699. The molecule has 3 rings (SSSR count). The first-order valence-corrected chi connectivity index (χ1v) is 10.5. The lowest BCUT2D eigenvalue weighted by Crippen LogP contribution is -2.21. The minimum atomic E-state index is -4.58. The number of alkyl halides is 3. The van der Waals surface area contributed by atoms with Crippen LogP contribution in [0.4, 0.5) is 18.9 Å². The fourth-order valence-corrected chi connectivity index (χ4v) is 3.92. The van der Waals surface area contributed by atoms with Crippen molar-refractivity contribution in [2.75, 3.05) is 11.9 Å². The second-order valence-corrected chi connectivity index (χ2v) is 8.20. The summed E-state index contributed by atoms with van der Waals surface area (Å²) in [6.07, 6.45) is -2.93. The lowest BCUT2D eigenvalue weighted by Gasteiger charge is -2.12. The van der Waals surface area contributed by atoms with E-state index < -0.39 is 30.2 Å². The Morgan fingerprint density at radius 3 is 2.47 bits per heavy atom. The van der Waals surface area contributed by atoms with E-state index in [0.29, 0.717) is 4.88 Å². The van der Waals surface area contributed by atoms with E-state index in [9.17, 15) is 22.8 Å². The maximum atomic E-state index is 12.8. The first kappa shape index (κ1) is 22.1. The quantitative estimate of drug-likeness (QED) is 0.344. The molecular formula is C20H13ClF3NO3S2. The van der Waals surface area contributed by atoms with Crippen molar-refractivity contribution in [3.05, 3.63) is 73.6 Å². The molecule has 30 heavy (non-hydrogen) atoms. The van der Waals surface area contributed by atoms with Crippen molar-refractivity contribution in [3.8, 4) is 0 Å². The highest BCUT2D eigenvalue weighted by Crippen LogP contribution is 2.34. The summed E-state index contributed by atoms with van der Waals surface area (Å²) < 4.78 is 43.6. The highest BCUT2D eigenvalue weighted by molar-refractivity contribution is 7.12. The van der Waals surface area contributed by atoms with Crippen molar-refractivity contribution in [1.82, 2.24) is 0 Å². The van der Waals surface area contributed by atoms with Crippen LogP contribution in [-0.2, 0) is 20.5 Å². The molecule has 0 saturated carbocycles. The third kappa shape index (κ3) is 5.71. The van der Waals surface area contributed by atoms with Crippen molar-refractivity contribution < 1.29 is 27.5 Å². The zero-order valence-corrected chi connectivity index (χ0v) is 17.4. The van der Waals surface area contributed by atoms with Crippen molar-refractivity contribution in [1.29, 1.82) is 0 Å². The summed E-state index contributed by atoms with van der Waals surface area (Å²) >= 11 is 8.62. The van der Waals surface area contributed by atoms with Crippen LogP contribution in [0.2, 0.25) is 5.02 Å². The van der Waals surface area contributed by atoms with Gasteiger partial charge in [-0.3, -0.25) is 4.79 Å². The number of carbonyl (C=O) groups is 2. The van der Waals surface area contributed by atoms with Gasteiger partial charge in [0.15, 0.2) is 6.61 Å². The molecule has 2 aromatic heterocycles. The van der Waals surface area contributed by atoms with Crippen LogP contribution in [0.25, 0.3) is 11.6 Å². The van der Waals surface area contributed by atoms with E-state index in [2.05, 4.69) is 5.32 Å². The molecular weight excluding hydrogens is 459 g/mol. The van der Waals surface area contributed by atoms with Gasteiger partial charge >= 0.3 is 12.1 Å². The Balaban J connectivity index is 1.69. The fraction of sp³-hybridized carbons (Fsp3) is 0.100. The number of benzene rings is 1. The molecule has 0 unspecified atom stereocenters. The van der Waals surface area contributed by atoms with Crippen molar-refractivity contribution in [2.45, 2.75) is 6.18 Å². The third-order valence-corrected chi connectivity index (χ3v) is 5.79. The first-order chi connectivity index (χ1) is 14.2. The molecule has 4 nitrogen and oxygen atoms in total. The van der Waals surface area contributed by atoms with Gasteiger partial charge in [-0.25, -0.2) is 4.79 Å². The van der Waals surface area contributed by atoms with Gasteiger partial charge in [-0.15, -0.1) is 22.7 Å². The maximum Gasteiger partial charge on any atom is 0.416 e. The van der Waals surface area contributed by atoms with Gasteiger partial charge in [0.1, 0.15) is 0 Å². The van der Waals surface area contributed by atoms with Gasteiger partial charge in [0, 0.05) is 9.75 Å². The molecule has 1 aromatic carbocycles. The predicted molar refractivity (Wildman–Crippen MR) is 113 cm³/mol. The predicted octanol–water partition coefficient (Wildman–Crippen LogP) is 6.20. The Kier molecular flexibility index (Phi) is 6.96. The molecule has 1 N–H and O–H groups in total. The van der Waals surface area contributed by atoms with Crippen LogP contribution in [0.5, 0.6) is 0 Å². The van der Waals surface area contributed by atoms with Gasteiger partial charge in [-0.2, -0.15) is 13.2 Å². The maximum absolute atomic E-state index is 12.8. The summed E-state index contributed by atoms with van der Waals surface area (Å²) in [5, 5.41) is 5.82. The normalized spacial score (nSPS) is 11.9. The smallest absolute Gasteiger partial charge is 0.416 e. The molecule has 2 heterocycles. The van der Waals surface area contributed by atoms with Crippen LogP contribution in [0.3, 0.4) is 0 Å². The van der Waals surface area contributed by atoms with Gasteiger partial charge in [-0.1, -0.05) is 23.7 Å². The Labute approximate surface area is 182 Å². The molecule has 0 aliphatic rings. The van der Waals surface area contributed by atoms with E-state index in [-0.39, 0.29) is 16.3 Å². The molecule has 0 spiro atoms. The summed E-state index contributed by atoms with van der Waals surface area (Å²) in [5.41, 5.74) is -0.907.